The second kappa shape index (κ2) is 14.0. The molecular weight excluding hydrogens is 521 g/mol. The fraction of sp³-hybridized carbons (Fsp3) is 0.250. The third kappa shape index (κ3) is 9.38. The Morgan fingerprint density at radius 2 is 1.71 bits per heavy atom. The number of carboxylic acids is 2. The van der Waals surface area contributed by atoms with Crippen LogP contribution in [-0.2, 0) is 19.6 Å². The van der Waals surface area contributed by atoms with Crippen LogP contribution in [-0.4, -0.2) is 79.7 Å². The summed E-state index contributed by atoms with van der Waals surface area (Å²) in [5.41, 5.74) is 1.73. The van der Waals surface area contributed by atoms with Crippen molar-refractivity contribution in [2.45, 2.75) is 11.3 Å². The van der Waals surface area contributed by atoms with Crippen LogP contribution in [0.25, 0.3) is 11.3 Å². The number of carboxylic acid groups (broad SMARTS) is 2. The second-order valence-corrected chi connectivity index (χ2v) is 9.70. The molecule has 3 aromatic rings. The van der Waals surface area contributed by atoms with Crippen molar-refractivity contribution in [2.24, 2.45) is 0 Å². The number of methoxy groups -OCH3 is 1. The molecule has 2 aromatic carbocycles. The molecule has 0 fully saturated rings. The summed E-state index contributed by atoms with van der Waals surface area (Å²) in [5, 5.41) is 17.8. The molecule has 0 aliphatic heterocycles. The normalized spacial score (nSPS) is 10.9. The van der Waals surface area contributed by atoms with Crippen molar-refractivity contribution < 1.29 is 37.3 Å². The van der Waals surface area contributed by atoms with Gasteiger partial charge in [-0.15, -0.1) is 0 Å². The third-order valence-electron chi connectivity index (χ3n) is 4.78. The minimum absolute atomic E-state index is 0.156. The smallest absolute Gasteiger partial charge is 0.414 e. The van der Waals surface area contributed by atoms with E-state index in [9.17, 15) is 12.8 Å². The number of benzene rings is 2. The lowest BCUT2D eigenvalue weighted by atomic mass is 10.1. The monoisotopic (exact) mass is 549 g/mol. The van der Waals surface area contributed by atoms with Gasteiger partial charge in [0.05, 0.1) is 17.7 Å². The average molecular weight is 550 g/mol. The Morgan fingerprint density at radius 1 is 1.05 bits per heavy atom. The van der Waals surface area contributed by atoms with E-state index < -0.39 is 27.8 Å². The van der Waals surface area contributed by atoms with Gasteiger partial charge in [-0.3, -0.25) is 0 Å². The zero-order valence-corrected chi connectivity index (χ0v) is 21.7. The Labute approximate surface area is 219 Å². The number of ether oxygens (including phenoxy) is 1. The number of aliphatic carboxylic acids is 2. The Kier molecular flexibility index (Phi) is 11.1. The van der Waals surface area contributed by atoms with Crippen LogP contribution in [0.15, 0.2) is 59.6 Å². The van der Waals surface area contributed by atoms with E-state index in [1.807, 2.05) is 19.0 Å². The van der Waals surface area contributed by atoms with Crippen LogP contribution in [0.3, 0.4) is 0 Å². The Bertz CT molecular complexity index is 1340. The summed E-state index contributed by atoms with van der Waals surface area (Å²) in [5.74, 6) is -3.67. The molecule has 12 nitrogen and oxygen atoms in total. The zero-order chi connectivity index (χ0) is 28.3. The molecule has 0 saturated heterocycles. The van der Waals surface area contributed by atoms with Crippen LogP contribution in [0.2, 0.25) is 0 Å². The summed E-state index contributed by atoms with van der Waals surface area (Å²) in [6.45, 7) is 1.17. The Hall–Kier alpha value is -4.14. The summed E-state index contributed by atoms with van der Waals surface area (Å²) in [6.07, 6.45) is 2.28. The Morgan fingerprint density at radius 3 is 2.26 bits per heavy atom. The molecule has 0 saturated carbocycles. The number of anilines is 2. The van der Waals surface area contributed by atoms with Crippen LogP contribution in [0.4, 0.5) is 16.0 Å². The molecule has 0 unspecified atom stereocenters. The molecule has 0 atom stereocenters. The first-order chi connectivity index (χ1) is 17.9. The summed E-state index contributed by atoms with van der Waals surface area (Å²) in [4.78, 5) is 29.0. The van der Waals surface area contributed by atoms with E-state index >= 15 is 0 Å². The van der Waals surface area contributed by atoms with Gasteiger partial charge in [-0.2, -0.15) is 0 Å². The van der Waals surface area contributed by atoms with Gasteiger partial charge in [0.1, 0.15) is 0 Å². The highest BCUT2D eigenvalue weighted by atomic mass is 32.2. The van der Waals surface area contributed by atoms with Gasteiger partial charge in [-0.05, 0) is 75.6 Å². The first kappa shape index (κ1) is 30.1. The van der Waals surface area contributed by atoms with Gasteiger partial charge in [-0.1, -0.05) is 0 Å². The molecule has 1 aromatic heterocycles. The predicted octanol–water partition coefficient (Wildman–Crippen LogP) is 2.42. The molecule has 14 heteroatoms. The number of sulfonamides is 1. The predicted molar refractivity (Wildman–Crippen MR) is 137 cm³/mol. The number of halogens is 1. The first-order valence-electron chi connectivity index (χ1n) is 11.1. The van der Waals surface area contributed by atoms with Gasteiger partial charge in [0, 0.05) is 24.0 Å². The minimum Gasteiger partial charge on any atom is -0.494 e. The SMILES string of the molecule is COc1ccc(-c2ccnc(Nc3ccc(S(=O)(=O)NCCCN(C)C)cc3)n2)cc1F.O=C(O)C(=O)O. The summed E-state index contributed by atoms with van der Waals surface area (Å²) in [7, 11) is 1.71. The van der Waals surface area contributed by atoms with E-state index in [0.717, 1.165) is 13.0 Å². The standard InChI is InChI=1S/C22H26FN5O3S.C2H2O4/c1-28(2)14-4-12-25-32(29,30)18-8-6-17(7-9-18)26-22-24-13-11-20(27-22)16-5-10-21(31-3)19(23)15-16;3-1(4)2(5)6/h5-11,13,15,25H,4,12,14H2,1-3H3,(H,24,26,27);(H,3,4)(H,5,6). The van der Waals surface area contributed by atoms with Crippen LogP contribution in [0.1, 0.15) is 6.42 Å². The van der Waals surface area contributed by atoms with Gasteiger partial charge in [0.15, 0.2) is 11.6 Å². The Balaban J connectivity index is 0.000000757. The van der Waals surface area contributed by atoms with E-state index in [4.69, 9.17) is 24.5 Å². The van der Waals surface area contributed by atoms with Gasteiger partial charge < -0.3 is 25.2 Å². The van der Waals surface area contributed by atoms with Crippen molar-refractivity contribution >= 4 is 33.6 Å². The number of nitrogens with zero attached hydrogens (tertiary/aromatic N) is 3. The average Bonchev–Trinajstić information content (AvgIpc) is 2.87. The van der Waals surface area contributed by atoms with Crippen molar-refractivity contribution in [1.82, 2.24) is 19.6 Å². The summed E-state index contributed by atoms with van der Waals surface area (Å²) in [6, 6.07) is 12.6. The zero-order valence-electron chi connectivity index (χ0n) is 20.9. The molecule has 0 bridgehead atoms. The van der Waals surface area contributed by atoms with Crippen molar-refractivity contribution in [3.8, 4) is 17.0 Å². The van der Waals surface area contributed by atoms with Gasteiger partial charge in [-0.25, -0.2) is 37.1 Å². The molecule has 0 aliphatic rings. The van der Waals surface area contributed by atoms with Crippen LogP contribution in [0, 0.1) is 5.82 Å². The fourth-order valence-corrected chi connectivity index (χ4v) is 4.01. The van der Waals surface area contributed by atoms with E-state index in [-0.39, 0.29) is 10.6 Å². The number of aromatic nitrogens is 2. The molecule has 0 radical (unpaired) electrons. The number of rotatable bonds is 10. The third-order valence-corrected chi connectivity index (χ3v) is 6.26. The van der Waals surface area contributed by atoms with Crippen molar-refractivity contribution in [2.75, 3.05) is 39.6 Å². The lowest BCUT2D eigenvalue weighted by Gasteiger charge is -2.11. The number of hydrogen-bond acceptors (Lipinski definition) is 9. The minimum atomic E-state index is -3.57. The number of nitrogens with one attached hydrogen (secondary N) is 2. The van der Waals surface area contributed by atoms with Gasteiger partial charge >= 0.3 is 11.9 Å². The molecule has 0 amide bonds. The topological polar surface area (TPSA) is 171 Å². The van der Waals surface area contributed by atoms with E-state index in [2.05, 4.69) is 20.0 Å². The molecular formula is C24H28FN5O7S. The molecule has 204 valence electrons. The molecule has 1 heterocycles. The largest absolute Gasteiger partial charge is 0.494 e. The van der Waals surface area contributed by atoms with Crippen LogP contribution >= 0.6 is 0 Å². The van der Waals surface area contributed by atoms with Gasteiger partial charge in [0.25, 0.3) is 0 Å². The second-order valence-electron chi connectivity index (χ2n) is 7.93. The van der Waals surface area contributed by atoms with E-state index in [1.54, 1.807) is 30.5 Å². The van der Waals surface area contributed by atoms with Gasteiger partial charge in [0.2, 0.25) is 16.0 Å². The van der Waals surface area contributed by atoms with Crippen molar-refractivity contribution in [1.29, 1.82) is 0 Å². The number of carbonyl (C=O) groups is 2. The quantitative estimate of drug-likeness (QED) is 0.216. The van der Waals surface area contributed by atoms with E-state index in [1.165, 1.54) is 31.4 Å². The lowest BCUT2D eigenvalue weighted by Crippen LogP contribution is -2.27. The molecule has 4 N–H and O–H groups in total. The summed E-state index contributed by atoms with van der Waals surface area (Å²) < 4.78 is 46.4. The van der Waals surface area contributed by atoms with Crippen LogP contribution in [0.5, 0.6) is 5.75 Å². The highest BCUT2D eigenvalue weighted by Gasteiger charge is 2.13. The van der Waals surface area contributed by atoms with Crippen molar-refractivity contribution in [3.05, 3.63) is 60.5 Å². The molecule has 0 spiro atoms. The maximum absolute atomic E-state index is 14.0. The first-order valence-corrected chi connectivity index (χ1v) is 12.6. The molecule has 38 heavy (non-hydrogen) atoms. The highest BCUT2D eigenvalue weighted by molar-refractivity contribution is 7.89. The highest BCUT2D eigenvalue weighted by Crippen LogP contribution is 2.25. The summed E-state index contributed by atoms with van der Waals surface area (Å²) >= 11 is 0. The van der Waals surface area contributed by atoms with E-state index in [0.29, 0.717) is 29.4 Å². The lowest BCUT2D eigenvalue weighted by molar-refractivity contribution is -0.159. The molecule has 3 rings (SSSR count). The maximum Gasteiger partial charge on any atom is 0.414 e. The molecule has 0 aliphatic carbocycles. The van der Waals surface area contributed by atoms with Crippen molar-refractivity contribution in [3.63, 3.8) is 0 Å². The maximum atomic E-state index is 14.0. The van der Waals surface area contributed by atoms with Crippen LogP contribution < -0.4 is 14.8 Å². The number of hydrogen-bond donors (Lipinski definition) is 4. The fourth-order valence-electron chi connectivity index (χ4n) is 2.94.